The first-order valence-electron chi connectivity index (χ1n) is 8.94. The van der Waals surface area contributed by atoms with Crippen LogP contribution >= 0.6 is 0 Å². The standard InChI is InChI=1S/C19H32O3S/c1-4-5-6-7-8-9-10-11-12-17(3)18-14-13-16(2)15-19(18)23(20,21)22/h13-15,17H,4-12H2,1-3H3,(H,20,21,22). The SMILES string of the molecule is CCCCCCCCCCC(C)c1ccc(C)cc1S(=O)(=O)O. The normalized spacial score (nSPS) is 13.2. The Hall–Kier alpha value is -0.870. The molecule has 0 spiro atoms. The zero-order chi connectivity index (χ0) is 17.3. The summed E-state index contributed by atoms with van der Waals surface area (Å²) in [6.45, 7) is 6.11. The molecule has 1 rings (SSSR count). The van der Waals surface area contributed by atoms with Gasteiger partial charge in [-0.2, -0.15) is 8.42 Å². The second-order valence-corrected chi connectivity index (χ2v) is 8.07. The van der Waals surface area contributed by atoms with E-state index in [0.29, 0.717) is 0 Å². The van der Waals surface area contributed by atoms with Gasteiger partial charge in [0.05, 0.1) is 4.90 Å². The van der Waals surface area contributed by atoms with Gasteiger partial charge in [0.2, 0.25) is 0 Å². The minimum atomic E-state index is -4.15. The maximum Gasteiger partial charge on any atom is 0.294 e. The average Bonchev–Trinajstić information content (AvgIpc) is 2.48. The van der Waals surface area contributed by atoms with Crippen LogP contribution < -0.4 is 0 Å². The number of hydrogen-bond acceptors (Lipinski definition) is 2. The van der Waals surface area contributed by atoms with Crippen LogP contribution in [0.25, 0.3) is 0 Å². The Morgan fingerprint density at radius 3 is 2.13 bits per heavy atom. The molecule has 1 aromatic carbocycles. The van der Waals surface area contributed by atoms with Crippen molar-refractivity contribution in [3.8, 4) is 0 Å². The fourth-order valence-corrected chi connectivity index (χ4v) is 3.91. The number of unbranched alkanes of at least 4 members (excludes halogenated alkanes) is 7. The van der Waals surface area contributed by atoms with Gasteiger partial charge in [-0.15, -0.1) is 0 Å². The van der Waals surface area contributed by atoms with Gasteiger partial charge in [0.1, 0.15) is 0 Å². The molecule has 0 aliphatic heterocycles. The number of rotatable bonds is 11. The summed E-state index contributed by atoms with van der Waals surface area (Å²) in [7, 11) is -4.15. The Balaban J connectivity index is 2.45. The maximum atomic E-state index is 11.6. The number of hydrogen-bond donors (Lipinski definition) is 1. The van der Waals surface area contributed by atoms with Crippen molar-refractivity contribution >= 4 is 10.1 Å². The lowest BCUT2D eigenvalue weighted by atomic mass is 9.94. The van der Waals surface area contributed by atoms with Gasteiger partial charge < -0.3 is 0 Å². The van der Waals surface area contributed by atoms with Crippen molar-refractivity contribution in [2.75, 3.05) is 0 Å². The first-order chi connectivity index (χ1) is 10.9. The van der Waals surface area contributed by atoms with Crippen molar-refractivity contribution in [2.24, 2.45) is 0 Å². The summed E-state index contributed by atoms with van der Waals surface area (Å²) in [5.41, 5.74) is 1.58. The fourth-order valence-electron chi connectivity index (χ4n) is 3.01. The van der Waals surface area contributed by atoms with Crippen molar-refractivity contribution in [2.45, 2.75) is 89.4 Å². The van der Waals surface area contributed by atoms with Gasteiger partial charge in [-0.25, -0.2) is 0 Å². The quantitative estimate of drug-likeness (QED) is 0.404. The van der Waals surface area contributed by atoms with Crippen LogP contribution in [-0.2, 0) is 10.1 Å². The first-order valence-corrected chi connectivity index (χ1v) is 10.4. The average molecular weight is 341 g/mol. The highest BCUT2D eigenvalue weighted by molar-refractivity contribution is 7.85. The topological polar surface area (TPSA) is 54.4 Å². The third-order valence-corrected chi connectivity index (χ3v) is 5.38. The monoisotopic (exact) mass is 340 g/mol. The lowest BCUT2D eigenvalue weighted by Gasteiger charge is -2.15. The van der Waals surface area contributed by atoms with Crippen LogP contribution in [0.15, 0.2) is 23.1 Å². The molecule has 0 saturated heterocycles. The Bertz CT molecular complexity index is 564. The molecule has 0 aliphatic rings. The van der Waals surface area contributed by atoms with E-state index in [1.54, 1.807) is 6.07 Å². The fraction of sp³-hybridized carbons (Fsp3) is 0.684. The second-order valence-electron chi connectivity index (χ2n) is 6.68. The summed E-state index contributed by atoms with van der Waals surface area (Å²) in [6.07, 6.45) is 11.1. The lowest BCUT2D eigenvalue weighted by Crippen LogP contribution is -2.06. The molecule has 0 aromatic heterocycles. The van der Waals surface area contributed by atoms with Crippen LogP contribution in [0.3, 0.4) is 0 Å². The van der Waals surface area contributed by atoms with Gasteiger partial charge in [-0.3, -0.25) is 4.55 Å². The van der Waals surface area contributed by atoms with Crippen molar-refractivity contribution in [1.29, 1.82) is 0 Å². The maximum absolute atomic E-state index is 11.6. The molecule has 0 radical (unpaired) electrons. The smallest absolute Gasteiger partial charge is 0.282 e. The predicted octanol–water partition coefficient (Wildman–Crippen LogP) is 5.88. The molecule has 3 nitrogen and oxygen atoms in total. The van der Waals surface area contributed by atoms with Gasteiger partial charge in [0, 0.05) is 0 Å². The molecule has 1 unspecified atom stereocenters. The predicted molar refractivity (Wildman–Crippen MR) is 96.6 cm³/mol. The molecule has 0 heterocycles. The molecule has 4 heteroatoms. The first kappa shape index (κ1) is 20.2. The summed E-state index contributed by atoms with van der Waals surface area (Å²) in [4.78, 5) is 0.0737. The molecule has 1 aromatic rings. The van der Waals surface area contributed by atoms with Crippen molar-refractivity contribution in [3.63, 3.8) is 0 Å². The van der Waals surface area contributed by atoms with E-state index >= 15 is 0 Å². The molecular formula is C19H32O3S. The van der Waals surface area contributed by atoms with Crippen molar-refractivity contribution in [3.05, 3.63) is 29.3 Å². The minimum absolute atomic E-state index is 0.0737. The van der Waals surface area contributed by atoms with Crippen molar-refractivity contribution in [1.82, 2.24) is 0 Å². The molecule has 23 heavy (non-hydrogen) atoms. The summed E-state index contributed by atoms with van der Waals surface area (Å²) in [5.74, 6) is 0.146. The third-order valence-electron chi connectivity index (χ3n) is 4.47. The molecule has 0 bridgehead atoms. The molecule has 0 fully saturated rings. The van der Waals surface area contributed by atoms with E-state index in [1.165, 1.54) is 44.9 Å². The highest BCUT2D eigenvalue weighted by atomic mass is 32.2. The molecule has 1 atom stereocenters. The van der Waals surface area contributed by atoms with Gasteiger partial charge in [-0.1, -0.05) is 77.3 Å². The van der Waals surface area contributed by atoms with E-state index in [1.807, 2.05) is 26.0 Å². The van der Waals surface area contributed by atoms with Gasteiger partial charge in [-0.05, 0) is 36.5 Å². The third kappa shape index (κ3) is 7.49. The molecular weight excluding hydrogens is 308 g/mol. The number of aryl methyl sites for hydroxylation is 1. The van der Waals surface area contributed by atoms with Gasteiger partial charge >= 0.3 is 0 Å². The summed E-state index contributed by atoms with van der Waals surface area (Å²) in [6, 6.07) is 5.32. The van der Waals surface area contributed by atoms with E-state index in [0.717, 1.165) is 24.0 Å². The zero-order valence-corrected chi connectivity index (χ0v) is 15.7. The lowest BCUT2D eigenvalue weighted by molar-refractivity contribution is 0.479. The van der Waals surface area contributed by atoms with Crippen LogP contribution in [0.2, 0.25) is 0 Å². The Labute approximate surface area is 142 Å². The summed E-state index contributed by atoms with van der Waals surface area (Å²) < 4.78 is 32.6. The molecule has 0 saturated carbocycles. The van der Waals surface area contributed by atoms with E-state index in [9.17, 15) is 13.0 Å². The van der Waals surface area contributed by atoms with E-state index in [2.05, 4.69) is 6.92 Å². The summed E-state index contributed by atoms with van der Waals surface area (Å²) in [5, 5.41) is 0. The van der Waals surface area contributed by atoms with E-state index in [4.69, 9.17) is 0 Å². The Morgan fingerprint density at radius 1 is 1.00 bits per heavy atom. The van der Waals surface area contributed by atoms with Gasteiger partial charge in [0.15, 0.2) is 0 Å². The Kier molecular flexibility index (Phi) is 8.85. The molecule has 0 aliphatic carbocycles. The largest absolute Gasteiger partial charge is 0.294 e. The zero-order valence-electron chi connectivity index (χ0n) is 14.8. The Morgan fingerprint density at radius 2 is 1.57 bits per heavy atom. The molecule has 1 N–H and O–H groups in total. The highest BCUT2D eigenvalue weighted by Gasteiger charge is 2.19. The van der Waals surface area contributed by atoms with Crippen LogP contribution in [0.5, 0.6) is 0 Å². The van der Waals surface area contributed by atoms with Gasteiger partial charge in [0.25, 0.3) is 10.1 Å². The number of benzene rings is 1. The van der Waals surface area contributed by atoms with Crippen LogP contribution in [0.4, 0.5) is 0 Å². The van der Waals surface area contributed by atoms with E-state index < -0.39 is 10.1 Å². The van der Waals surface area contributed by atoms with Crippen molar-refractivity contribution < 1.29 is 13.0 Å². The molecule has 0 amide bonds. The summed E-state index contributed by atoms with van der Waals surface area (Å²) >= 11 is 0. The molecule has 132 valence electrons. The second kappa shape index (κ2) is 10.1. The van der Waals surface area contributed by atoms with Crippen LogP contribution in [-0.4, -0.2) is 13.0 Å². The minimum Gasteiger partial charge on any atom is -0.282 e. The van der Waals surface area contributed by atoms with Crippen LogP contribution in [0, 0.1) is 6.92 Å². The van der Waals surface area contributed by atoms with Crippen LogP contribution in [0.1, 0.15) is 88.7 Å². The van der Waals surface area contributed by atoms with E-state index in [-0.39, 0.29) is 10.8 Å². The highest BCUT2D eigenvalue weighted by Crippen LogP contribution is 2.29.